The fourth-order valence-electron chi connectivity index (χ4n) is 3.97. The van der Waals surface area contributed by atoms with E-state index in [4.69, 9.17) is 32.4 Å². The van der Waals surface area contributed by atoms with Gasteiger partial charge in [0.15, 0.2) is 5.43 Å². The van der Waals surface area contributed by atoms with Crippen molar-refractivity contribution in [2.24, 2.45) is 0 Å². The van der Waals surface area contributed by atoms with Crippen LogP contribution < -0.4 is 50.1 Å². The van der Waals surface area contributed by atoms with Crippen LogP contribution >= 0.6 is 23.2 Å². The van der Waals surface area contributed by atoms with E-state index in [9.17, 15) is 19.8 Å². The summed E-state index contributed by atoms with van der Waals surface area (Å²) < 4.78 is 11.1. The zero-order valence-corrected chi connectivity index (χ0v) is 25.4. The summed E-state index contributed by atoms with van der Waals surface area (Å²) >= 11 is 12.2. The number of fused-ring (bicyclic) bond motifs is 2. The number of allylic oxidation sites excluding steroid dienone is 1. The smallest absolute Gasteiger partial charge is 0.545 e. The van der Waals surface area contributed by atoms with Gasteiger partial charge in [-0.25, -0.2) is 0 Å². The Morgan fingerprint density at radius 3 is 2.51 bits per heavy atom. The first-order valence-electron chi connectivity index (χ1n) is 11.7. The molecule has 1 aliphatic heterocycles. The molecule has 2 N–H and O–H groups in total. The molecule has 0 saturated heterocycles. The maximum Gasteiger partial charge on any atom is 1.00 e. The molecule has 10 heteroatoms. The van der Waals surface area contributed by atoms with Gasteiger partial charge in [0, 0.05) is 28.9 Å². The van der Waals surface area contributed by atoms with Crippen LogP contribution in [0.25, 0.3) is 11.0 Å². The number of hydrogen-bond donors (Lipinski definition) is 2. The van der Waals surface area contributed by atoms with Crippen LogP contribution in [0.1, 0.15) is 34.2 Å². The summed E-state index contributed by atoms with van der Waals surface area (Å²) in [6.45, 7) is 5.99. The standard InChI is InChI=1S/C15H14O4.C14H11Cl2NO2.Na/c1-8-3-4-10-12(18-7-8)6-13-14(15(10)17)11(16)5-9(2)19-13;1-8-6-7-10(15)13(12(8)16)17-11-5-3-2-4-9(11)14(18)19;/h3,5-6,17H,4,7H2,1-2H3;2-7,17H,1H3,(H,18,19);/q;;+1/p-1. The van der Waals surface area contributed by atoms with Crippen LogP contribution in [0.5, 0.6) is 11.5 Å². The zero-order chi connectivity index (χ0) is 27.6. The van der Waals surface area contributed by atoms with Gasteiger partial charge in [0.05, 0.1) is 21.7 Å². The molecule has 196 valence electrons. The molecule has 0 atom stereocenters. The van der Waals surface area contributed by atoms with E-state index in [-0.39, 0.29) is 51.7 Å². The number of aromatic carboxylic acids is 1. The number of carbonyl (C=O) groups is 1. The normalized spacial score (nSPS) is 12.1. The third-order valence-corrected chi connectivity index (χ3v) is 6.78. The third kappa shape index (κ3) is 6.80. The van der Waals surface area contributed by atoms with Crippen molar-refractivity contribution >= 4 is 51.5 Å². The second kappa shape index (κ2) is 12.9. The van der Waals surface area contributed by atoms with E-state index in [1.54, 1.807) is 43.3 Å². The van der Waals surface area contributed by atoms with Crippen molar-refractivity contribution in [3.05, 3.63) is 103 Å². The van der Waals surface area contributed by atoms with Gasteiger partial charge in [-0.2, -0.15) is 0 Å². The van der Waals surface area contributed by atoms with Crippen LogP contribution in [-0.2, 0) is 6.42 Å². The van der Waals surface area contributed by atoms with Crippen LogP contribution in [-0.4, -0.2) is 17.7 Å². The van der Waals surface area contributed by atoms with Crippen LogP contribution in [0.3, 0.4) is 0 Å². The number of aryl methyl sites for hydroxylation is 2. The number of benzene rings is 3. The molecular weight excluding hydrogens is 552 g/mol. The van der Waals surface area contributed by atoms with E-state index in [2.05, 4.69) is 5.32 Å². The van der Waals surface area contributed by atoms with Crippen molar-refractivity contribution < 1.29 is 53.7 Å². The van der Waals surface area contributed by atoms with Crippen molar-refractivity contribution in [2.75, 3.05) is 11.9 Å². The fourth-order valence-corrected chi connectivity index (χ4v) is 4.43. The van der Waals surface area contributed by atoms with Crippen LogP contribution in [0, 0.1) is 13.8 Å². The summed E-state index contributed by atoms with van der Waals surface area (Å²) in [7, 11) is 0. The van der Waals surface area contributed by atoms with Gasteiger partial charge < -0.3 is 29.5 Å². The third-order valence-electron chi connectivity index (χ3n) is 5.98. The molecule has 0 bridgehead atoms. The van der Waals surface area contributed by atoms with Crippen LogP contribution in [0.2, 0.25) is 10.0 Å². The Morgan fingerprint density at radius 2 is 1.79 bits per heavy atom. The van der Waals surface area contributed by atoms with Gasteiger partial charge in [-0.1, -0.05) is 53.5 Å². The van der Waals surface area contributed by atoms with Crippen molar-refractivity contribution in [1.29, 1.82) is 0 Å². The second-order valence-electron chi connectivity index (χ2n) is 8.85. The molecule has 7 nitrogen and oxygen atoms in total. The number of para-hydroxylation sites is 1. The molecule has 0 amide bonds. The summed E-state index contributed by atoms with van der Waals surface area (Å²) in [4.78, 5) is 23.0. The number of carbonyl (C=O) groups excluding carboxylic acids is 1. The van der Waals surface area contributed by atoms with E-state index >= 15 is 0 Å². The summed E-state index contributed by atoms with van der Waals surface area (Å²) in [6.07, 6.45) is 2.55. The fraction of sp³-hybridized carbons (Fsp3) is 0.172. The molecule has 4 aromatic rings. The minimum absolute atomic E-state index is 0. The second-order valence-corrected chi connectivity index (χ2v) is 9.64. The molecule has 1 aromatic heterocycles. The first-order chi connectivity index (χ1) is 18.1. The summed E-state index contributed by atoms with van der Waals surface area (Å²) in [6, 6.07) is 13.0. The number of carboxylic acids is 1. The van der Waals surface area contributed by atoms with Crippen LogP contribution in [0.15, 0.2) is 69.4 Å². The largest absolute Gasteiger partial charge is 1.00 e. The molecule has 1 aliphatic rings. The molecule has 0 radical (unpaired) electrons. The molecule has 0 aliphatic carbocycles. The number of hydrogen-bond acceptors (Lipinski definition) is 7. The Balaban J connectivity index is 0.000000210. The number of aromatic hydroxyl groups is 1. The molecule has 2 heterocycles. The number of carboxylic acid groups (broad SMARTS) is 1. The number of phenols is 1. The van der Waals surface area contributed by atoms with Gasteiger partial charge in [-0.05, 0) is 50.5 Å². The van der Waals surface area contributed by atoms with Crippen molar-refractivity contribution in [1.82, 2.24) is 0 Å². The SMILES string of the molecule is CC1=CCc2c(cc3oc(C)cc(=O)c3c2O)OC1.Cc1ccc(Cl)c(Nc2ccccc2C(=O)[O-])c1Cl.[Na+]. The monoisotopic (exact) mass is 575 g/mol. The molecule has 0 saturated carbocycles. The van der Waals surface area contributed by atoms with Gasteiger partial charge in [0.25, 0.3) is 0 Å². The molecule has 0 unspecified atom stereocenters. The number of anilines is 2. The van der Waals surface area contributed by atoms with E-state index in [0.29, 0.717) is 57.1 Å². The van der Waals surface area contributed by atoms with Gasteiger partial charge >= 0.3 is 29.6 Å². The molecule has 39 heavy (non-hydrogen) atoms. The average molecular weight is 576 g/mol. The van der Waals surface area contributed by atoms with Gasteiger partial charge in [0.2, 0.25) is 0 Å². The summed E-state index contributed by atoms with van der Waals surface area (Å²) in [5.41, 5.74) is 3.63. The predicted molar refractivity (Wildman–Crippen MR) is 147 cm³/mol. The van der Waals surface area contributed by atoms with Gasteiger partial charge in [0.1, 0.15) is 34.8 Å². The Labute approximate surface area is 257 Å². The topological polar surface area (TPSA) is 112 Å². The first-order valence-corrected chi connectivity index (χ1v) is 12.4. The van der Waals surface area contributed by atoms with E-state index in [0.717, 1.165) is 11.1 Å². The molecule has 0 fully saturated rings. The quantitative estimate of drug-likeness (QED) is 0.285. The van der Waals surface area contributed by atoms with Crippen molar-refractivity contribution in [2.45, 2.75) is 27.2 Å². The van der Waals surface area contributed by atoms with Gasteiger partial charge in [-0.15, -0.1) is 0 Å². The van der Waals surface area contributed by atoms with Crippen molar-refractivity contribution in [3.8, 4) is 11.5 Å². The first kappa shape index (κ1) is 30.6. The molecule has 5 rings (SSSR count). The zero-order valence-electron chi connectivity index (χ0n) is 21.9. The van der Waals surface area contributed by atoms with E-state index < -0.39 is 5.97 Å². The minimum atomic E-state index is -1.26. The Hall–Kier alpha value is -2.94. The Kier molecular flexibility index (Phi) is 10.2. The predicted octanol–water partition coefficient (Wildman–Crippen LogP) is 3.10. The maximum atomic E-state index is 12.0. The summed E-state index contributed by atoms with van der Waals surface area (Å²) in [5, 5.41) is 25.4. The number of phenolic OH excluding ortho intramolecular Hbond substituents is 1. The number of halogens is 2. The molecule has 3 aromatic carbocycles. The number of rotatable bonds is 3. The van der Waals surface area contributed by atoms with Crippen molar-refractivity contribution in [3.63, 3.8) is 0 Å². The number of ether oxygens (including phenoxy) is 1. The van der Waals surface area contributed by atoms with E-state index in [1.807, 2.05) is 19.9 Å². The number of nitrogens with one attached hydrogen (secondary N) is 1. The van der Waals surface area contributed by atoms with E-state index in [1.165, 1.54) is 12.1 Å². The van der Waals surface area contributed by atoms with Crippen LogP contribution in [0.4, 0.5) is 11.4 Å². The molecule has 0 spiro atoms. The average Bonchev–Trinajstić information content (AvgIpc) is 3.06. The Morgan fingerprint density at radius 1 is 1.08 bits per heavy atom. The summed E-state index contributed by atoms with van der Waals surface area (Å²) in [5.74, 6) is -0.207. The molecular formula is C29H24Cl2NNaO6. The maximum absolute atomic E-state index is 12.0. The van der Waals surface area contributed by atoms with Gasteiger partial charge in [-0.3, -0.25) is 4.79 Å². The Bertz CT molecular complexity index is 1650. The minimum Gasteiger partial charge on any atom is -0.545 e.